The average Bonchev–Trinajstić information content (AvgIpc) is 2.50. The van der Waals surface area contributed by atoms with E-state index in [0.717, 1.165) is 12.8 Å². The van der Waals surface area contributed by atoms with Gasteiger partial charge >= 0.3 is 0 Å². The maximum atomic E-state index is 6.20. The Morgan fingerprint density at radius 3 is 2.23 bits per heavy atom. The Morgan fingerprint density at radius 1 is 1.04 bits per heavy atom. The Morgan fingerprint density at radius 2 is 1.65 bits per heavy atom. The van der Waals surface area contributed by atoms with Gasteiger partial charge in [-0.15, -0.1) is 0 Å². The largest absolute Gasteiger partial charge is 0.490 e. The van der Waals surface area contributed by atoms with Crippen molar-refractivity contribution in [2.24, 2.45) is 10.6 Å². The molecule has 26 heavy (non-hydrogen) atoms. The molecular formula is C18H23Cl4NO3. The summed E-state index contributed by atoms with van der Waals surface area (Å²) in [6.07, 6.45) is 4.89. The van der Waals surface area contributed by atoms with Crippen LogP contribution in [0.3, 0.4) is 0 Å². The Hall–Kier alpha value is -0.810. The van der Waals surface area contributed by atoms with Gasteiger partial charge in [-0.1, -0.05) is 72.3 Å². The van der Waals surface area contributed by atoms with Crippen LogP contribution >= 0.6 is 46.4 Å². The SMILES string of the molecule is CC(C)(C)C=NOCCCCOc1c(Cl)cc(OCC=C(Cl)Cl)cc1Cl. The van der Waals surface area contributed by atoms with E-state index in [1.54, 1.807) is 18.3 Å². The van der Waals surface area contributed by atoms with E-state index in [-0.39, 0.29) is 16.5 Å². The Kier molecular flexibility index (Phi) is 10.6. The maximum absolute atomic E-state index is 6.20. The molecule has 146 valence electrons. The molecule has 0 heterocycles. The number of oxime groups is 1. The van der Waals surface area contributed by atoms with Crippen LogP contribution in [0.5, 0.6) is 11.5 Å². The smallest absolute Gasteiger partial charge is 0.156 e. The van der Waals surface area contributed by atoms with Crippen LogP contribution in [0.1, 0.15) is 33.6 Å². The van der Waals surface area contributed by atoms with Crippen LogP contribution in [0.25, 0.3) is 0 Å². The Bertz CT molecular complexity index is 600. The number of hydrogen-bond acceptors (Lipinski definition) is 4. The molecule has 0 fully saturated rings. The third kappa shape index (κ3) is 10.4. The van der Waals surface area contributed by atoms with Gasteiger partial charge in [0.1, 0.15) is 23.5 Å². The van der Waals surface area contributed by atoms with E-state index in [1.165, 1.54) is 6.08 Å². The molecule has 4 nitrogen and oxygen atoms in total. The summed E-state index contributed by atoms with van der Waals surface area (Å²) in [6, 6.07) is 3.26. The monoisotopic (exact) mass is 441 g/mol. The fourth-order valence-electron chi connectivity index (χ4n) is 1.65. The molecular weight excluding hydrogens is 420 g/mol. The molecule has 0 aromatic heterocycles. The predicted molar refractivity (Wildman–Crippen MR) is 110 cm³/mol. The van der Waals surface area contributed by atoms with Crippen LogP contribution < -0.4 is 9.47 Å². The number of benzene rings is 1. The molecule has 8 heteroatoms. The van der Waals surface area contributed by atoms with E-state index in [1.807, 2.05) is 0 Å². The van der Waals surface area contributed by atoms with E-state index in [9.17, 15) is 0 Å². The van der Waals surface area contributed by atoms with Crippen molar-refractivity contribution < 1.29 is 14.3 Å². The molecule has 1 rings (SSSR count). The van der Waals surface area contributed by atoms with E-state index in [2.05, 4.69) is 25.9 Å². The highest BCUT2D eigenvalue weighted by atomic mass is 35.5. The molecule has 1 aromatic carbocycles. The van der Waals surface area contributed by atoms with Gasteiger partial charge in [0.05, 0.1) is 16.7 Å². The van der Waals surface area contributed by atoms with Crippen molar-refractivity contribution in [3.63, 3.8) is 0 Å². The van der Waals surface area contributed by atoms with Crippen molar-refractivity contribution in [2.75, 3.05) is 19.8 Å². The van der Waals surface area contributed by atoms with Crippen LogP contribution in [-0.4, -0.2) is 26.0 Å². The van der Waals surface area contributed by atoms with Crippen LogP contribution in [-0.2, 0) is 4.84 Å². The molecule has 0 N–H and O–H groups in total. The summed E-state index contributed by atoms with van der Waals surface area (Å²) >= 11 is 23.4. The summed E-state index contributed by atoms with van der Waals surface area (Å²) in [5.41, 5.74) is 0.0129. The lowest BCUT2D eigenvalue weighted by atomic mass is 10.00. The standard InChI is InChI=1S/C18H23Cl4NO3/c1-18(2,3)12-23-26-8-5-4-7-25-17-14(19)10-13(11-15(17)20)24-9-6-16(21)22/h6,10-12H,4-5,7-9H2,1-3H3. The molecule has 0 aliphatic rings. The lowest BCUT2D eigenvalue weighted by Crippen LogP contribution is -2.06. The zero-order chi connectivity index (χ0) is 19.6. The van der Waals surface area contributed by atoms with E-state index in [0.29, 0.717) is 34.8 Å². The summed E-state index contributed by atoms with van der Waals surface area (Å²) < 4.78 is 11.2. The molecule has 0 aliphatic heterocycles. The second-order valence-corrected chi connectivity index (χ2v) is 8.33. The maximum Gasteiger partial charge on any atom is 0.156 e. The second-order valence-electron chi connectivity index (χ2n) is 6.51. The van der Waals surface area contributed by atoms with Crippen molar-refractivity contribution in [3.8, 4) is 11.5 Å². The molecule has 0 saturated heterocycles. The summed E-state index contributed by atoms with van der Waals surface area (Å²) in [7, 11) is 0. The topological polar surface area (TPSA) is 40.0 Å². The highest BCUT2D eigenvalue weighted by Gasteiger charge is 2.10. The average molecular weight is 443 g/mol. The summed E-state index contributed by atoms with van der Waals surface area (Å²) in [6.45, 7) is 7.38. The fraction of sp³-hybridized carbons (Fsp3) is 0.500. The molecule has 0 unspecified atom stereocenters. The van der Waals surface area contributed by atoms with Crippen molar-refractivity contribution in [1.29, 1.82) is 0 Å². The third-order valence-corrected chi connectivity index (χ3v) is 3.72. The molecule has 0 bridgehead atoms. The molecule has 0 spiro atoms. The molecule has 0 aliphatic carbocycles. The van der Waals surface area contributed by atoms with Crippen LogP contribution in [0.2, 0.25) is 10.0 Å². The van der Waals surface area contributed by atoms with Crippen LogP contribution in [0, 0.1) is 5.41 Å². The number of ether oxygens (including phenoxy) is 2. The summed E-state index contributed by atoms with van der Waals surface area (Å²) in [5.74, 6) is 0.932. The van der Waals surface area contributed by atoms with Crippen molar-refractivity contribution in [1.82, 2.24) is 0 Å². The first-order valence-corrected chi connectivity index (χ1v) is 9.62. The zero-order valence-corrected chi connectivity index (χ0v) is 18.1. The van der Waals surface area contributed by atoms with Gasteiger partial charge in [-0.3, -0.25) is 0 Å². The molecule has 0 saturated carbocycles. The molecule has 0 atom stereocenters. The van der Waals surface area contributed by atoms with Crippen LogP contribution in [0.15, 0.2) is 27.9 Å². The molecule has 0 radical (unpaired) electrons. The van der Waals surface area contributed by atoms with Gasteiger partial charge < -0.3 is 14.3 Å². The Labute approximate surface area is 175 Å². The number of nitrogens with zero attached hydrogens (tertiary/aromatic N) is 1. The molecule has 1 aromatic rings. The van der Waals surface area contributed by atoms with Gasteiger partial charge in [-0.2, -0.15) is 0 Å². The number of rotatable bonds is 10. The minimum atomic E-state index is 0.0129. The fourth-order valence-corrected chi connectivity index (χ4v) is 2.35. The first-order chi connectivity index (χ1) is 12.2. The Balaban J connectivity index is 2.36. The normalized spacial score (nSPS) is 11.5. The number of unbranched alkanes of at least 4 members (excludes halogenated alkanes) is 1. The van der Waals surface area contributed by atoms with Crippen molar-refractivity contribution >= 4 is 52.6 Å². The summed E-state index contributed by atoms with van der Waals surface area (Å²) in [4.78, 5) is 5.20. The third-order valence-electron chi connectivity index (χ3n) is 2.85. The zero-order valence-electron chi connectivity index (χ0n) is 15.0. The second kappa shape index (κ2) is 11.8. The first-order valence-electron chi connectivity index (χ1n) is 8.11. The highest BCUT2D eigenvalue weighted by molar-refractivity contribution is 6.55. The first kappa shape index (κ1) is 23.2. The van der Waals surface area contributed by atoms with Gasteiger partial charge in [-0.05, 0) is 18.9 Å². The van der Waals surface area contributed by atoms with Crippen molar-refractivity contribution in [2.45, 2.75) is 33.6 Å². The minimum Gasteiger partial charge on any atom is -0.490 e. The van der Waals surface area contributed by atoms with Gasteiger partial charge in [0.15, 0.2) is 5.75 Å². The number of halogens is 4. The quantitative estimate of drug-likeness (QED) is 0.224. The predicted octanol–water partition coefficient (Wildman–Crippen LogP) is 6.90. The lowest BCUT2D eigenvalue weighted by molar-refractivity contribution is 0.135. The van der Waals surface area contributed by atoms with Crippen molar-refractivity contribution in [3.05, 3.63) is 32.7 Å². The van der Waals surface area contributed by atoms with Gasteiger partial charge in [0.25, 0.3) is 0 Å². The van der Waals surface area contributed by atoms with Gasteiger partial charge in [-0.25, -0.2) is 0 Å². The van der Waals surface area contributed by atoms with Gasteiger partial charge in [0, 0.05) is 23.8 Å². The lowest BCUT2D eigenvalue weighted by Gasteiger charge is -2.12. The highest BCUT2D eigenvalue weighted by Crippen LogP contribution is 2.37. The molecule has 0 amide bonds. The number of hydrogen-bond donors (Lipinski definition) is 0. The van der Waals surface area contributed by atoms with E-state index in [4.69, 9.17) is 60.7 Å². The minimum absolute atomic E-state index is 0.0129. The summed E-state index contributed by atoms with van der Waals surface area (Å²) in [5, 5.41) is 4.68. The van der Waals surface area contributed by atoms with Crippen LogP contribution in [0.4, 0.5) is 0 Å². The van der Waals surface area contributed by atoms with E-state index < -0.39 is 0 Å². The van der Waals surface area contributed by atoms with Gasteiger partial charge in [0.2, 0.25) is 0 Å². The van der Waals surface area contributed by atoms with E-state index >= 15 is 0 Å².